The number of aryl methyl sites for hydroxylation is 2. The smallest absolute Gasteiger partial charge is 0.219 e. The zero-order valence-corrected chi connectivity index (χ0v) is 25.3. The second-order valence-electron chi connectivity index (χ2n) is 11.0. The van der Waals surface area contributed by atoms with E-state index >= 15 is 0 Å². The molecule has 0 bridgehead atoms. The van der Waals surface area contributed by atoms with Gasteiger partial charge in [0.05, 0.1) is 21.2 Å². The predicted molar refractivity (Wildman–Crippen MR) is 168 cm³/mol. The van der Waals surface area contributed by atoms with Gasteiger partial charge in [-0.05, 0) is 73.2 Å². The van der Waals surface area contributed by atoms with Crippen LogP contribution >= 0.6 is 0 Å². The number of rotatable bonds is 6. The molecule has 4 aromatic carbocycles. The number of nitrogens with zero attached hydrogens (tertiary/aromatic N) is 1. The van der Waals surface area contributed by atoms with Gasteiger partial charge >= 0.3 is 0 Å². The molecule has 0 unspecified atom stereocenters. The number of fused-ring (bicyclic) bond motifs is 1. The number of sulfone groups is 1. The molecule has 0 spiro atoms. The van der Waals surface area contributed by atoms with Gasteiger partial charge in [-0.15, -0.1) is 0 Å². The SMILES string of the molecule is Cc1ccc(S(=O)(=O)C2=C(c3ccccc3)[C@@H]3C(c4ccccc4)=CCC[C@@H]3N(S(=O)(=O)c3ccc(C)cc3)C2)cc1. The second kappa shape index (κ2) is 11.1. The molecule has 42 heavy (non-hydrogen) atoms. The molecule has 214 valence electrons. The summed E-state index contributed by atoms with van der Waals surface area (Å²) in [4.78, 5) is 0.444. The van der Waals surface area contributed by atoms with Gasteiger partial charge in [0.1, 0.15) is 0 Å². The van der Waals surface area contributed by atoms with Crippen LogP contribution in [0.25, 0.3) is 11.1 Å². The van der Waals surface area contributed by atoms with Crippen LogP contribution in [0.2, 0.25) is 0 Å². The molecule has 2 atom stereocenters. The number of hydrogen-bond acceptors (Lipinski definition) is 4. The van der Waals surface area contributed by atoms with E-state index in [4.69, 9.17) is 0 Å². The summed E-state index contributed by atoms with van der Waals surface area (Å²) in [6.07, 6.45) is 3.42. The Morgan fingerprint density at radius 1 is 0.643 bits per heavy atom. The summed E-state index contributed by atoms with van der Waals surface area (Å²) >= 11 is 0. The van der Waals surface area contributed by atoms with E-state index in [-0.39, 0.29) is 21.2 Å². The molecule has 1 aliphatic heterocycles. The van der Waals surface area contributed by atoms with Crippen molar-refractivity contribution in [2.75, 3.05) is 6.54 Å². The van der Waals surface area contributed by atoms with Crippen LogP contribution in [0.1, 0.15) is 35.1 Å². The van der Waals surface area contributed by atoms with Gasteiger partial charge in [-0.1, -0.05) is 102 Å². The zero-order chi connectivity index (χ0) is 29.5. The van der Waals surface area contributed by atoms with Crippen molar-refractivity contribution in [3.8, 4) is 0 Å². The average molecular weight is 596 g/mol. The Morgan fingerprint density at radius 2 is 1.17 bits per heavy atom. The summed E-state index contributed by atoms with van der Waals surface area (Å²) in [5.74, 6) is -0.479. The lowest BCUT2D eigenvalue weighted by atomic mass is 9.72. The van der Waals surface area contributed by atoms with Crippen molar-refractivity contribution in [2.45, 2.75) is 42.5 Å². The van der Waals surface area contributed by atoms with Crippen LogP contribution in [-0.2, 0) is 19.9 Å². The average Bonchev–Trinajstić information content (AvgIpc) is 3.01. The van der Waals surface area contributed by atoms with E-state index in [1.165, 1.54) is 4.31 Å². The van der Waals surface area contributed by atoms with Gasteiger partial charge in [-0.3, -0.25) is 0 Å². The maximum atomic E-state index is 14.6. The molecule has 7 heteroatoms. The van der Waals surface area contributed by atoms with Crippen LogP contribution in [0.5, 0.6) is 0 Å². The Hall–Kier alpha value is -3.78. The van der Waals surface area contributed by atoms with Gasteiger partial charge in [-0.25, -0.2) is 16.8 Å². The minimum Gasteiger partial charge on any atom is -0.219 e. The number of allylic oxidation sites excluding steroid dienone is 1. The monoisotopic (exact) mass is 595 g/mol. The van der Waals surface area contributed by atoms with Crippen molar-refractivity contribution in [1.82, 2.24) is 4.31 Å². The molecular weight excluding hydrogens is 563 g/mol. The van der Waals surface area contributed by atoms with Crippen LogP contribution < -0.4 is 0 Å². The van der Waals surface area contributed by atoms with Crippen molar-refractivity contribution in [2.24, 2.45) is 5.92 Å². The highest BCUT2D eigenvalue weighted by molar-refractivity contribution is 7.95. The highest BCUT2D eigenvalue weighted by Gasteiger charge is 2.48. The summed E-state index contributed by atoms with van der Waals surface area (Å²) in [6, 6.07) is 32.5. The quantitative estimate of drug-likeness (QED) is 0.239. The molecule has 0 aromatic heterocycles. The van der Waals surface area contributed by atoms with E-state index in [2.05, 4.69) is 6.08 Å². The van der Waals surface area contributed by atoms with Crippen molar-refractivity contribution >= 4 is 31.0 Å². The summed E-state index contributed by atoms with van der Waals surface area (Å²) in [5, 5.41) is 0. The van der Waals surface area contributed by atoms with E-state index in [1.807, 2.05) is 74.5 Å². The maximum absolute atomic E-state index is 14.6. The van der Waals surface area contributed by atoms with Gasteiger partial charge in [-0.2, -0.15) is 4.31 Å². The third-order valence-corrected chi connectivity index (χ3v) is 12.1. The number of hydrogen-bond donors (Lipinski definition) is 0. The second-order valence-corrected chi connectivity index (χ2v) is 14.9. The van der Waals surface area contributed by atoms with E-state index < -0.39 is 31.8 Å². The minimum absolute atomic E-state index is 0.123. The van der Waals surface area contributed by atoms with E-state index in [9.17, 15) is 16.8 Å². The molecule has 4 aromatic rings. The highest BCUT2D eigenvalue weighted by atomic mass is 32.2. The number of sulfonamides is 1. The maximum Gasteiger partial charge on any atom is 0.243 e. The Morgan fingerprint density at radius 3 is 1.74 bits per heavy atom. The van der Waals surface area contributed by atoms with Gasteiger partial charge in [0.25, 0.3) is 0 Å². The fourth-order valence-electron chi connectivity index (χ4n) is 6.17. The van der Waals surface area contributed by atoms with Crippen LogP contribution in [-0.4, -0.2) is 33.7 Å². The first-order valence-corrected chi connectivity index (χ1v) is 17.0. The van der Waals surface area contributed by atoms with E-state index in [1.54, 1.807) is 48.5 Å². The summed E-state index contributed by atoms with van der Waals surface area (Å²) in [6.45, 7) is 3.58. The normalized spacial score (nSPS) is 19.7. The van der Waals surface area contributed by atoms with E-state index in [0.29, 0.717) is 18.4 Å². The molecular formula is C35H33NO4S2. The third kappa shape index (κ3) is 5.06. The highest BCUT2D eigenvalue weighted by Crippen LogP contribution is 2.50. The van der Waals surface area contributed by atoms with Gasteiger partial charge in [0, 0.05) is 12.0 Å². The molecule has 0 amide bonds. The summed E-state index contributed by atoms with van der Waals surface area (Å²) in [5.41, 5.74) is 5.26. The molecule has 0 saturated heterocycles. The fraction of sp³-hybridized carbons (Fsp3) is 0.200. The first-order chi connectivity index (χ1) is 20.2. The fourth-order valence-corrected chi connectivity index (χ4v) is 9.51. The lowest BCUT2D eigenvalue weighted by Gasteiger charge is -2.45. The first-order valence-electron chi connectivity index (χ1n) is 14.1. The Bertz CT molecular complexity index is 1880. The van der Waals surface area contributed by atoms with Crippen LogP contribution in [0, 0.1) is 19.8 Å². The van der Waals surface area contributed by atoms with Gasteiger partial charge in [0.15, 0.2) is 0 Å². The van der Waals surface area contributed by atoms with Crippen LogP contribution in [0.4, 0.5) is 0 Å². The predicted octanol–water partition coefficient (Wildman–Crippen LogP) is 7.06. The zero-order valence-electron chi connectivity index (χ0n) is 23.6. The molecule has 1 heterocycles. The lowest BCUT2D eigenvalue weighted by molar-refractivity contribution is 0.282. The minimum atomic E-state index is -4.07. The van der Waals surface area contributed by atoms with Gasteiger partial charge in [0.2, 0.25) is 19.9 Å². The summed E-state index contributed by atoms with van der Waals surface area (Å²) in [7, 11) is -8.10. The van der Waals surface area contributed by atoms with E-state index in [0.717, 1.165) is 27.8 Å². The van der Waals surface area contributed by atoms with Crippen LogP contribution in [0.3, 0.4) is 0 Å². The molecule has 0 saturated carbocycles. The largest absolute Gasteiger partial charge is 0.243 e. The molecule has 0 N–H and O–H groups in total. The molecule has 5 nitrogen and oxygen atoms in total. The molecule has 2 aliphatic rings. The van der Waals surface area contributed by atoms with Crippen LogP contribution in [0.15, 0.2) is 130 Å². The van der Waals surface area contributed by atoms with Crippen molar-refractivity contribution in [1.29, 1.82) is 0 Å². The molecule has 0 fully saturated rings. The van der Waals surface area contributed by atoms with Gasteiger partial charge < -0.3 is 0 Å². The number of benzene rings is 4. The topological polar surface area (TPSA) is 71.5 Å². The molecule has 0 radical (unpaired) electrons. The van der Waals surface area contributed by atoms with Crippen molar-refractivity contribution in [3.05, 3.63) is 142 Å². The Balaban J connectivity index is 1.65. The molecule has 1 aliphatic carbocycles. The standard InChI is InChI=1S/C35H33NO4S2/c1-25-16-20-29(21-17-25)41(37,38)33-24-36(42(39,40)30-22-18-26(2)19-23-30)32-15-9-14-31(27-10-5-3-6-11-27)35(32)34(33)28-12-7-4-8-13-28/h3-8,10-14,16-23,32,35H,9,15,24H2,1-2H3/t32-,35+/m0/s1. The molecule has 6 rings (SSSR count). The third-order valence-electron chi connectivity index (χ3n) is 8.30. The first kappa shape index (κ1) is 28.3. The lowest BCUT2D eigenvalue weighted by Crippen LogP contribution is -2.51. The van der Waals surface area contributed by atoms with Crippen molar-refractivity contribution in [3.63, 3.8) is 0 Å². The Kier molecular flexibility index (Phi) is 7.51. The van der Waals surface area contributed by atoms with Crippen molar-refractivity contribution < 1.29 is 16.8 Å². The summed E-state index contributed by atoms with van der Waals surface area (Å²) < 4.78 is 59.3. The Labute approximate surface area is 248 Å².